The standard InChI is InChI=1S/C23H32O5S/c1-2-3-4-5-6-7-8-9-11-14-19-17-18-21(23(22(19)24)29(25,26)27)28-20-15-12-10-13-16-20/h10,12-13,15-18,24H,2-9,11,14H2,1H3,(H,25,26,27). The third-order valence-electron chi connectivity index (χ3n) is 4.96. The van der Waals surface area contributed by atoms with Gasteiger partial charge in [-0.05, 0) is 36.6 Å². The second-order valence-electron chi connectivity index (χ2n) is 7.37. The number of benzene rings is 2. The number of para-hydroxylation sites is 1. The Morgan fingerprint density at radius 3 is 2.00 bits per heavy atom. The van der Waals surface area contributed by atoms with Crippen LogP contribution in [0.15, 0.2) is 47.4 Å². The van der Waals surface area contributed by atoms with Crippen molar-refractivity contribution in [1.29, 1.82) is 0 Å². The Balaban J connectivity index is 1.96. The summed E-state index contributed by atoms with van der Waals surface area (Å²) in [4.78, 5) is -0.574. The van der Waals surface area contributed by atoms with Crippen LogP contribution in [0, 0.1) is 0 Å². The number of aromatic hydroxyl groups is 1. The number of phenolic OH excluding ortho intramolecular Hbond substituents is 1. The van der Waals surface area contributed by atoms with Crippen molar-refractivity contribution in [3.8, 4) is 17.2 Å². The first kappa shape index (κ1) is 23.2. The molecular weight excluding hydrogens is 388 g/mol. The van der Waals surface area contributed by atoms with E-state index in [-0.39, 0.29) is 5.75 Å². The van der Waals surface area contributed by atoms with Crippen molar-refractivity contribution in [2.45, 2.75) is 76.0 Å². The molecule has 0 aliphatic rings. The third kappa shape index (κ3) is 7.71. The van der Waals surface area contributed by atoms with Gasteiger partial charge in [-0.3, -0.25) is 4.55 Å². The average Bonchev–Trinajstić information content (AvgIpc) is 2.68. The summed E-state index contributed by atoms with van der Waals surface area (Å²) in [6.45, 7) is 2.21. The minimum Gasteiger partial charge on any atom is -0.506 e. The molecule has 5 nitrogen and oxygen atoms in total. The number of hydrogen-bond acceptors (Lipinski definition) is 4. The fraction of sp³-hybridized carbons (Fsp3) is 0.478. The van der Waals surface area contributed by atoms with Crippen LogP contribution in [0.1, 0.15) is 70.3 Å². The molecule has 0 aliphatic heterocycles. The van der Waals surface area contributed by atoms with Gasteiger partial charge in [0.2, 0.25) is 0 Å². The van der Waals surface area contributed by atoms with Crippen molar-refractivity contribution < 1.29 is 22.8 Å². The number of phenols is 1. The zero-order valence-electron chi connectivity index (χ0n) is 17.1. The van der Waals surface area contributed by atoms with Gasteiger partial charge in [0.15, 0.2) is 10.6 Å². The highest BCUT2D eigenvalue weighted by atomic mass is 32.2. The summed E-state index contributed by atoms with van der Waals surface area (Å²) >= 11 is 0. The lowest BCUT2D eigenvalue weighted by molar-refractivity contribution is 0.410. The molecule has 0 aromatic heterocycles. The summed E-state index contributed by atoms with van der Waals surface area (Å²) in [7, 11) is -4.63. The molecule has 2 N–H and O–H groups in total. The number of ether oxygens (including phenoxy) is 1. The Hall–Kier alpha value is -2.05. The lowest BCUT2D eigenvalue weighted by atomic mass is 10.0. The molecule has 2 aromatic carbocycles. The van der Waals surface area contributed by atoms with Crippen molar-refractivity contribution in [3.63, 3.8) is 0 Å². The zero-order chi connectivity index (χ0) is 21.1. The Morgan fingerprint density at radius 1 is 0.828 bits per heavy atom. The van der Waals surface area contributed by atoms with Crippen molar-refractivity contribution in [2.75, 3.05) is 0 Å². The van der Waals surface area contributed by atoms with Gasteiger partial charge in [-0.1, -0.05) is 82.6 Å². The van der Waals surface area contributed by atoms with Gasteiger partial charge in [-0.2, -0.15) is 8.42 Å². The fourth-order valence-corrected chi connectivity index (χ4v) is 4.11. The Morgan fingerprint density at radius 2 is 1.41 bits per heavy atom. The maximum atomic E-state index is 11.9. The van der Waals surface area contributed by atoms with Gasteiger partial charge in [-0.25, -0.2) is 0 Å². The van der Waals surface area contributed by atoms with Crippen LogP contribution in [-0.4, -0.2) is 18.1 Å². The molecule has 160 valence electrons. The first-order valence-corrected chi connectivity index (χ1v) is 11.9. The molecule has 2 aromatic rings. The van der Waals surface area contributed by atoms with Crippen LogP contribution in [0.3, 0.4) is 0 Å². The van der Waals surface area contributed by atoms with E-state index >= 15 is 0 Å². The minimum atomic E-state index is -4.63. The molecule has 2 rings (SSSR count). The monoisotopic (exact) mass is 420 g/mol. The lowest BCUT2D eigenvalue weighted by Crippen LogP contribution is -2.04. The predicted molar refractivity (Wildman–Crippen MR) is 115 cm³/mol. The molecule has 0 amide bonds. The summed E-state index contributed by atoms with van der Waals surface area (Å²) < 4.78 is 38.9. The first-order chi connectivity index (χ1) is 13.9. The first-order valence-electron chi connectivity index (χ1n) is 10.5. The molecule has 0 saturated heterocycles. The molecule has 0 aliphatic carbocycles. The largest absolute Gasteiger partial charge is 0.506 e. The van der Waals surface area contributed by atoms with Crippen LogP contribution in [0.25, 0.3) is 0 Å². The van der Waals surface area contributed by atoms with Gasteiger partial charge in [-0.15, -0.1) is 0 Å². The van der Waals surface area contributed by atoms with E-state index in [1.807, 2.05) is 6.07 Å². The quantitative estimate of drug-likeness (QED) is 0.285. The predicted octanol–water partition coefficient (Wildman–Crippen LogP) is 6.50. The van der Waals surface area contributed by atoms with Gasteiger partial charge >= 0.3 is 10.1 Å². The maximum Gasteiger partial charge on any atom is 0.301 e. The molecular formula is C23H32O5S. The Bertz CT molecular complexity index is 847. The van der Waals surface area contributed by atoms with Crippen LogP contribution in [0.2, 0.25) is 0 Å². The molecule has 0 unspecified atom stereocenters. The van der Waals surface area contributed by atoms with Gasteiger partial charge in [0.1, 0.15) is 11.5 Å². The Labute approximate surface area is 174 Å². The molecule has 29 heavy (non-hydrogen) atoms. The molecule has 0 bridgehead atoms. The number of unbranched alkanes of at least 4 members (excludes halogenated alkanes) is 8. The fourth-order valence-electron chi connectivity index (χ4n) is 3.37. The number of rotatable bonds is 13. The topological polar surface area (TPSA) is 83.8 Å². The molecule has 0 saturated carbocycles. The Kier molecular flexibility index (Phi) is 9.48. The van der Waals surface area contributed by atoms with Crippen LogP contribution >= 0.6 is 0 Å². The van der Waals surface area contributed by atoms with E-state index in [4.69, 9.17) is 4.74 Å². The maximum absolute atomic E-state index is 11.9. The summed E-state index contributed by atoms with van der Waals surface area (Å²) in [5, 5.41) is 10.5. The number of aryl methyl sites for hydroxylation is 1. The van der Waals surface area contributed by atoms with E-state index in [9.17, 15) is 18.1 Å². The van der Waals surface area contributed by atoms with Crippen molar-refractivity contribution in [1.82, 2.24) is 0 Å². The van der Waals surface area contributed by atoms with Gasteiger partial charge in [0.05, 0.1) is 0 Å². The minimum absolute atomic E-state index is 0.0907. The molecule has 0 fully saturated rings. The van der Waals surface area contributed by atoms with E-state index in [2.05, 4.69) is 6.92 Å². The van der Waals surface area contributed by atoms with Crippen LogP contribution in [0.4, 0.5) is 0 Å². The summed E-state index contributed by atoms with van der Waals surface area (Å²) in [6, 6.07) is 11.8. The zero-order valence-corrected chi connectivity index (χ0v) is 18.0. The smallest absolute Gasteiger partial charge is 0.301 e. The summed E-state index contributed by atoms with van der Waals surface area (Å²) in [5.41, 5.74) is 0.501. The van der Waals surface area contributed by atoms with Crippen molar-refractivity contribution in [3.05, 3.63) is 48.0 Å². The highest BCUT2D eigenvalue weighted by molar-refractivity contribution is 7.86. The molecule has 6 heteroatoms. The van der Waals surface area contributed by atoms with Crippen molar-refractivity contribution >= 4 is 10.1 Å². The van der Waals surface area contributed by atoms with Crippen molar-refractivity contribution in [2.24, 2.45) is 0 Å². The third-order valence-corrected chi connectivity index (χ3v) is 5.87. The SMILES string of the molecule is CCCCCCCCCCCc1ccc(Oc2ccccc2)c(S(=O)(=O)O)c1O. The second-order valence-corrected chi connectivity index (χ2v) is 8.73. The van der Waals surface area contributed by atoms with Gasteiger partial charge in [0, 0.05) is 0 Å². The van der Waals surface area contributed by atoms with E-state index in [0.29, 0.717) is 17.7 Å². The van der Waals surface area contributed by atoms with Gasteiger partial charge < -0.3 is 9.84 Å². The van der Waals surface area contributed by atoms with E-state index in [1.165, 1.54) is 44.6 Å². The summed E-state index contributed by atoms with van der Waals surface area (Å²) in [6.07, 6.45) is 11.2. The van der Waals surface area contributed by atoms with Crippen LogP contribution in [0.5, 0.6) is 17.2 Å². The molecule has 0 spiro atoms. The van der Waals surface area contributed by atoms with E-state index < -0.39 is 20.8 Å². The van der Waals surface area contributed by atoms with Crippen LogP contribution < -0.4 is 4.74 Å². The van der Waals surface area contributed by atoms with E-state index in [1.54, 1.807) is 30.3 Å². The number of hydrogen-bond donors (Lipinski definition) is 2. The normalized spacial score (nSPS) is 11.5. The van der Waals surface area contributed by atoms with Crippen LogP contribution in [-0.2, 0) is 16.5 Å². The molecule has 0 atom stereocenters. The highest BCUT2D eigenvalue weighted by Crippen LogP contribution is 2.38. The molecule has 0 heterocycles. The average molecular weight is 421 g/mol. The van der Waals surface area contributed by atoms with Gasteiger partial charge in [0.25, 0.3) is 0 Å². The summed E-state index contributed by atoms with van der Waals surface area (Å²) in [5.74, 6) is -0.101. The highest BCUT2D eigenvalue weighted by Gasteiger charge is 2.24. The second kappa shape index (κ2) is 11.8. The van der Waals surface area contributed by atoms with E-state index in [0.717, 1.165) is 19.3 Å². The lowest BCUT2D eigenvalue weighted by Gasteiger charge is -2.14. The molecule has 0 radical (unpaired) electrons.